The van der Waals surface area contributed by atoms with Crippen molar-refractivity contribution in [2.45, 2.75) is 50.8 Å². The van der Waals surface area contributed by atoms with Gasteiger partial charge in [-0.2, -0.15) is 0 Å². The van der Waals surface area contributed by atoms with Crippen LogP contribution in [0.2, 0.25) is 0 Å². The molecule has 1 fully saturated rings. The van der Waals surface area contributed by atoms with Gasteiger partial charge in [-0.15, -0.1) is 0 Å². The summed E-state index contributed by atoms with van der Waals surface area (Å²) in [5, 5.41) is 9.44. The van der Waals surface area contributed by atoms with Gasteiger partial charge in [0.1, 0.15) is 11.5 Å². The van der Waals surface area contributed by atoms with Crippen LogP contribution < -0.4 is 4.74 Å². The Kier molecular flexibility index (Phi) is 5.93. The van der Waals surface area contributed by atoms with E-state index in [1.807, 2.05) is 24.3 Å². The minimum Gasteiger partial charge on any atom is -0.497 e. The summed E-state index contributed by atoms with van der Waals surface area (Å²) in [5.74, 6) is 0.796. The first kappa shape index (κ1) is 20.2. The molecule has 3 rings (SSSR count). The maximum atomic E-state index is 12.8. The fraction of sp³-hybridized carbons (Fsp3) is 0.524. The highest BCUT2D eigenvalue weighted by atomic mass is 16.6. The van der Waals surface area contributed by atoms with Gasteiger partial charge >= 0.3 is 5.97 Å². The van der Waals surface area contributed by atoms with Crippen molar-refractivity contribution < 1.29 is 28.9 Å². The number of cyclic esters (lactones) is 1. The Hall–Kier alpha value is -2.54. The summed E-state index contributed by atoms with van der Waals surface area (Å²) in [5.41, 5.74) is 0.645. The number of methoxy groups -OCH3 is 2. The molecular formula is C21H27NO6. The SMILES string of the molecule is COC1=C(C)C(=O)OC1[C@@]1(CCCO)CCC(=O)N1Cc1ccc(OC)cc1. The van der Waals surface area contributed by atoms with Gasteiger partial charge in [0.05, 0.1) is 25.3 Å². The molecule has 1 saturated heterocycles. The molecule has 1 unspecified atom stereocenters. The van der Waals surface area contributed by atoms with Crippen molar-refractivity contribution in [3.63, 3.8) is 0 Å². The number of hydrogen-bond acceptors (Lipinski definition) is 6. The number of likely N-dealkylation sites (tertiary alicyclic amines) is 1. The summed E-state index contributed by atoms with van der Waals surface area (Å²) in [6, 6.07) is 7.54. The van der Waals surface area contributed by atoms with E-state index in [0.717, 1.165) is 11.3 Å². The second-order valence-electron chi connectivity index (χ2n) is 7.24. The Morgan fingerprint density at radius 3 is 2.54 bits per heavy atom. The molecule has 7 nitrogen and oxygen atoms in total. The van der Waals surface area contributed by atoms with Crippen molar-refractivity contribution >= 4 is 11.9 Å². The molecule has 0 aromatic heterocycles. The number of carbonyl (C=O) groups excluding carboxylic acids is 2. The summed E-state index contributed by atoms with van der Waals surface area (Å²) in [6.07, 6.45) is 1.26. The van der Waals surface area contributed by atoms with Crippen molar-refractivity contribution in [1.82, 2.24) is 4.90 Å². The molecule has 1 amide bonds. The van der Waals surface area contributed by atoms with Gasteiger partial charge in [0.2, 0.25) is 5.91 Å². The van der Waals surface area contributed by atoms with E-state index in [4.69, 9.17) is 14.2 Å². The molecule has 1 aromatic rings. The fourth-order valence-electron chi connectivity index (χ4n) is 4.21. The molecule has 1 N–H and O–H groups in total. The summed E-state index contributed by atoms with van der Waals surface area (Å²) in [6.45, 7) is 2.06. The molecular weight excluding hydrogens is 362 g/mol. The third-order valence-electron chi connectivity index (χ3n) is 5.72. The van der Waals surface area contributed by atoms with E-state index in [2.05, 4.69) is 0 Å². The average Bonchev–Trinajstić information content (AvgIpc) is 3.18. The first-order valence-corrected chi connectivity index (χ1v) is 9.47. The van der Waals surface area contributed by atoms with Crippen LogP contribution in [0, 0.1) is 0 Å². The number of nitrogens with zero attached hydrogens (tertiary/aromatic N) is 1. The van der Waals surface area contributed by atoms with Crippen LogP contribution in [-0.2, 0) is 25.6 Å². The topological polar surface area (TPSA) is 85.3 Å². The molecule has 0 aliphatic carbocycles. The molecule has 0 radical (unpaired) electrons. The Balaban J connectivity index is 1.97. The van der Waals surface area contributed by atoms with Crippen LogP contribution in [0.1, 0.15) is 38.2 Å². The lowest BCUT2D eigenvalue weighted by atomic mass is 9.83. The molecule has 152 valence electrons. The first-order valence-electron chi connectivity index (χ1n) is 9.47. The largest absolute Gasteiger partial charge is 0.497 e. The lowest BCUT2D eigenvalue weighted by Crippen LogP contribution is -2.55. The minimum absolute atomic E-state index is 0.00199. The number of aliphatic hydroxyl groups excluding tert-OH is 1. The molecule has 2 atom stereocenters. The molecule has 0 spiro atoms. The number of amides is 1. The van der Waals surface area contributed by atoms with Crippen LogP contribution in [-0.4, -0.2) is 54.4 Å². The molecule has 2 aliphatic heterocycles. The summed E-state index contributed by atoms with van der Waals surface area (Å²) >= 11 is 0. The van der Waals surface area contributed by atoms with E-state index < -0.39 is 17.6 Å². The van der Waals surface area contributed by atoms with Crippen molar-refractivity contribution in [3.8, 4) is 5.75 Å². The predicted octanol–water partition coefficient (Wildman–Crippen LogP) is 2.17. The second-order valence-corrected chi connectivity index (χ2v) is 7.24. The van der Waals surface area contributed by atoms with E-state index in [1.165, 1.54) is 7.11 Å². The lowest BCUT2D eigenvalue weighted by Gasteiger charge is -2.42. The normalized spacial score (nSPS) is 24.7. The molecule has 28 heavy (non-hydrogen) atoms. The Morgan fingerprint density at radius 2 is 1.93 bits per heavy atom. The first-order chi connectivity index (χ1) is 13.5. The van der Waals surface area contributed by atoms with E-state index in [0.29, 0.717) is 43.6 Å². The van der Waals surface area contributed by atoms with Gasteiger partial charge in [-0.3, -0.25) is 4.79 Å². The second kappa shape index (κ2) is 8.22. The Labute approximate surface area is 164 Å². The Bertz CT molecular complexity index is 772. The van der Waals surface area contributed by atoms with Gasteiger partial charge in [-0.1, -0.05) is 12.1 Å². The molecule has 2 heterocycles. The number of hydrogen-bond donors (Lipinski definition) is 1. The smallest absolute Gasteiger partial charge is 0.338 e. The van der Waals surface area contributed by atoms with Crippen molar-refractivity contribution in [1.29, 1.82) is 0 Å². The monoisotopic (exact) mass is 389 g/mol. The maximum Gasteiger partial charge on any atom is 0.338 e. The van der Waals surface area contributed by atoms with Crippen LogP contribution in [0.5, 0.6) is 5.75 Å². The highest BCUT2D eigenvalue weighted by Gasteiger charge is 2.56. The quantitative estimate of drug-likeness (QED) is 0.686. The zero-order valence-corrected chi connectivity index (χ0v) is 16.6. The number of carbonyl (C=O) groups is 2. The fourth-order valence-corrected chi connectivity index (χ4v) is 4.21. The zero-order chi connectivity index (χ0) is 20.3. The van der Waals surface area contributed by atoms with E-state index in [-0.39, 0.29) is 12.5 Å². The third kappa shape index (κ3) is 3.46. The summed E-state index contributed by atoms with van der Waals surface area (Å²) in [4.78, 5) is 26.8. The van der Waals surface area contributed by atoms with Crippen LogP contribution in [0.15, 0.2) is 35.6 Å². The van der Waals surface area contributed by atoms with E-state index >= 15 is 0 Å². The number of ether oxygens (including phenoxy) is 3. The van der Waals surface area contributed by atoms with Crippen LogP contribution in [0.25, 0.3) is 0 Å². The van der Waals surface area contributed by atoms with Crippen molar-refractivity contribution in [3.05, 3.63) is 41.2 Å². The zero-order valence-electron chi connectivity index (χ0n) is 16.6. The summed E-state index contributed by atoms with van der Waals surface area (Å²) in [7, 11) is 3.12. The average molecular weight is 389 g/mol. The van der Waals surface area contributed by atoms with Gasteiger partial charge in [0, 0.05) is 19.6 Å². The van der Waals surface area contributed by atoms with Crippen LogP contribution in [0.4, 0.5) is 0 Å². The molecule has 2 aliphatic rings. The minimum atomic E-state index is -0.738. The van der Waals surface area contributed by atoms with Gasteiger partial charge < -0.3 is 24.2 Å². The van der Waals surface area contributed by atoms with Crippen LogP contribution in [0.3, 0.4) is 0 Å². The maximum absolute atomic E-state index is 12.8. The van der Waals surface area contributed by atoms with Crippen molar-refractivity contribution in [2.75, 3.05) is 20.8 Å². The van der Waals surface area contributed by atoms with E-state index in [9.17, 15) is 14.7 Å². The number of esters is 1. The molecule has 7 heteroatoms. The lowest BCUT2D eigenvalue weighted by molar-refractivity contribution is -0.152. The Morgan fingerprint density at radius 1 is 1.21 bits per heavy atom. The van der Waals surface area contributed by atoms with Gasteiger partial charge in [-0.25, -0.2) is 4.79 Å². The van der Waals surface area contributed by atoms with Crippen molar-refractivity contribution in [2.24, 2.45) is 0 Å². The molecule has 1 aromatic carbocycles. The third-order valence-corrected chi connectivity index (χ3v) is 5.72. The predicted molar refractivity (Wildman–Crippen MR) is 101 cm³/mol. The van der Waals surface area contributed by atoms with E-state index in [1.54, 1.807) is 18.9 Å². The summed E-state index contributed by atoms with van der Waals surface area (Å²) < 4.78 is 16.4. The van der Waals surface area contributed by atoms with Crippen LogP contribution >= 0.6 is 0 Å². The van der Waals surface area contributed by atoms with Gasteiger partial charge in [0.15, 0.2) is 6.10 Å². The number of benzene rings is 1. The molecule has 0 bridgehead atoms. The highest BCUT2D eigenvalue weighted by molar-refractivity contribution is 5.91. The van der Waals surface area contributed by atoms with Gasteiger partial charge in [0.25, 0.3) is 0 Å². The number of aliphatic hydroxyl groups is 1. The molecule has 0 saturated carbocycles. The standard InChI is InChI=1S/C21H27NO6/c1-14-18(27-3)19(28-20(14)25)21(10-4-12-23)11-9-17(24)22(21)13-15-5-7-16(26-2)8-6-15/h5-8,19,23H,4,9-13H2,1-3H3/t19?,21-/m1/s1. The highest BCUT2D eigenvalue weighted by Crippen LogP contribution is 2.45. The van der Waals surface area contributed by atoms with Gasteiger partial charge in [-0.05, 0) is 43.9 Å². The number of rotatable bonds is 8.